The Balaban J connectivity index is 1.57. The second kappa shape index (κ2) is 8.31. The summed E-state index contributed by atoms with van der Waals surface area (Å²) >= 11 is 5.07. The molecular formula is C21H19NO2S. The normalized spacial score (nSPS) is 10.2. The zero-order chi connectivity index (χ0) is 17.5. The Morgan fingerprint density at radius 2 is 1.28 bits per heavy atom. The monoisotopic (exact) mass is 349 g/mol. The molecule has 0 unspecified atom stereocenters. The Morgan fingerprint density at radius 1 is 0.720 bits per heavy atom. The van der Waals surface area contributed by atoms with Gasteiger partial charge in [0.15, 0.2) is 0 Å². The first-order valence-corrected chi connectivity index (χ1v) is 8.40. The lowest BCUT2D eigenvalue weighted by atomic mass is 10.1. The summed E-state index contributed by atoms with van der Waals surface area (Å²) in [5.74, 6) is 1.57. The van der Waals surface area contributed by atoms with E-state index < -0.39 is 0 Å². The van der Waals surface area contributed by atoms with Gasteiger partial charge >= 0.3 is 0 Å². The zero-order valence-corrected chi connectivity index (χ0v) is 14.5. The lowest BCUT2D eigenvalue weighted by molar-refractivity contribution is 0.297. The Hall–Kier alpha value is -2.85. The average Bonchev–Trinajstić information content (AvgIpc) is 2.66. The third-order valence-electron chi connectivity index (χ3n) is 3.75. The van der Waals surface area contributed by atoms with E-state index in [1.54, 1.807) is 0 Å². The molecule has 0 saturated carbocycles. The predicted molar refractivity (Wildman–Crippen MR) is 104 cm³/mol. The molecule has 2 N–H and O–H groups in total. The van der Waals surface area contributed by atoms with E-state index in [0.29, 0.717) is 18.2 Å². The highest BCUT2D eigenvalue weighted by atomic mass is 32.1. The lowest BCUT2D eigenvalue weighted by Crippen LogP contribution is -2.13. The topological polar surface area (TPSA) is 44.5 Å². The number of thiocarbonyl (C=S) groups is 1. The van der Waals surface area contributed by atoms with Gasteiger partial charge in [-0.3, -0.25) is 0 Å². The number of ether oxygens (including phenoxy) is 2. The Kier molecular flexibility index (Phi) is 5.65. The van der Waals surface area contributed by atoms with Crippen molar-refractivity contribution in [1.82, 2.24) is 0 Å². The van der Waals surface area contributed by atoms with Gasteiger partial charge in [0.05, 0.1) is 0 Å². The molecule has 126 valence electrons. The van der Waals surface area contributed by atoms with E-state index in [-0.39, 0.29) is 0 Å². The first-order chi connectivity index (χ1) is 12.2. The van der Waals surface area contributed by atoms with E-state index >= 15 is 0 Å². The van der Waals surface area contributed by atoms with Crippen LogP contribution in [0.2, 0.25) is 0 Å². The molecule has 0 bridgehead atoms. The second-order valence-electron chi connectivity index (χ2n) is 5.56. The van der Waals surface area contributed by atoms with Crippen LogP contribution in [0.5, 0.6) is 11.5 Å². The van der Waals surface area contributed by atoms with Gasteiger partial charge in [-0.25, -0.2) is 0 Å². The average molecular weight is 349 g/mol. The minimum Gasteiger partial charge on any atom is -0.489 e. The molecule has 0 aliphatic carbocycles. The molecular weight excluding hydrogens is 330 g/mol. The molecule has 3 nitrogen and oxygen atoms in total. The number of nitrogens with two attached hydrogens (primary N) is 1. The zero-order valence-electron chi connectivity index (χ0n) is 13.7. The number of hydrogen-bond acceptors (Lipinski definition) is 3. The summed E-state index contributed by atoms with van der Waals surface area (Å²) < 4.78 is 11.6. The highest BCUT2D eigenvalue weighted by molar-refractivity contribution is 7.80. The van der Waals surface area contributed by atoms with E-state index in [9.17, 15) is 0 Å². The van der Waals surface area contributed by atoms with Crippen molar-refractivity contribution in [3.63, 3.8) is 0 Å². The molecule has 0 amide bonds. The Labute approximate surface area is 153 Å². The van der Waals surface area contributed by atoms with Crippen LogP contribution in [0, 0.1) is 0 Å². The van der Waals surface area contributed by atoms with E-state index in [4.69, 9.17) is 27.4 Å². The minimum absolute atomic E-state index is 0.379. The maximum absolute atomic E-state index is 5.83. The van der Waals surface area contributed by atoms with Crippen molar-refractivity contribution in [1.29, 1.82) is 0 Å². The van der Waals surface area contributed by atoms with Gasteiger partial charge in [-0.15, -0.1) is 0 Å². The maximum atomic E-state index is 5.83. The number of hydrogen-bond donors (Lipinski definition) is 1. The molecule has 0 aromatic heterocycles. The third-order valence-corrected chi connectivity index (χ3v) is 3.97. The molecule has 0 atom stereocenters. The summed E-state index contributed by atoms with van der Waals surface area (Å²) in [6.07, 6.45) is 0. The van der Waals surface area contributed by atoms with E-state index in [1.807, 2.05) is 78.9 Å². The molecule has 0 aliphatic heterocycles. The van der Waals surface area contributed by atoms with Gasteiger partial charge in [-0.1, -0.05) is 66.8 Å². The molecule has 25 heavy (non-hydrogen) atoms. The fourth-order valence-electron chi connectivity index (χ4n) is 2.42. The molecule has 4 heteroatoms. The molecule has 0 aliphatic rings. The SMILES string of the molecule is NC(=S)c1ccccc1COc1ccc(OCc2ccccc2)cc1. The van der Waals surface area contributed by atoms with Gasteiger partial charge in [-0.05, 0) is 35.4 Å². The smallest absolute Gasteiger partial charge is 0.120 e. The fraction of sp³-hybridized carbons (Fsp3) is 0.0952. The molecule has 0 spiro atoms. The Bertz CT molecular complexity index is 832. The first-order valence-electron chi connectivity index (χ1n) is 7.99. The summed E-state index contributed by atoms with van der Waals surface area (Å²) in [6, 6.07) is 25.4. The van der Waals surface area contributed by atoms with Crippen LogP contribution in [0.25, 0.3) is 0 Å². The predicted octanol–water partition coefficient (Wildman–Crippen LogP) is 4.48. The highest BCUT2D eigenvalue weighted by Crippen LogP contribution is 2.20. The van der Waals surface area contributed by atoms with Crippen molar-refractivity contribution >= 4 is 17.2 Å². The van der Waals surface area contributed by atoms with Crippen LogP contribution in [-0.4, -0.2) is 4.99 Å². The van der Waals surface area contributed by atoms with Crippen LogP contribution in [0.15, 0.2) is 78.9 Å². The quantitative estimate of drug-likeness (QED) is 0.639. The van der Waals surface area contributed by atoms with Gasteiger partial charge in [0.1, 0.15) is 29.7 Å². The van der Waals surface area contributed by atoms with E-state index in [1.165, 1.54) is 0 Å². The highest BCUT2D eigenvalue weighted by Gasteiger charge is 2.05. The van der Waals surface area contributed by atoms with Crippen molar-refractivity contribution in [3.05, 3.63) is 95.6 Å². The van der Waals surface area contributed by atoms with Gasteiger partial charge in [0.25, 0.3) is 0 Å². The van der Waals surface area contributed by atoms with Gasteiger partial charge in [0.2, 0.25) is 0 Å². The van der Waals surface area contributed by atoms with E-state index in [0.717, 1.165) is 28.2 Å². The second-order valence-corrected chi connectivity index (χ2v) is 6.00. The molecule has 0 heterocycles. The minimum atomic E-state index is 0.379. The van der Waals surface area contributed by atoms with Crippen molar-refractivity contribution in [2.45, 2.75) is 13.2 Å². The fourth-order valence-corrected chi connectivity index (χ4v) is 2.62. The van der Waals surface area contributed by atoms with Gasteiger partial charge in [0, 0.05) is 5.56 Å². The van der Waals surface area contributed by atoms with Gasteiger partial charge in [-0.2, -0.15) is 0 Å². The van der Waals surface area contributed by atoms with Crippen molar-refractivity contribution in [2.24, 2.45) is 5.73 Å². The molecule has 0 fully saturated rings. The summed E-state index contributed by atoms with van der Waals surface area (Å²) in [5, 5.41) is 0. The molecule has 3 aromatic carbocycles. The largest absolute Gasteiger partial charge is 0.489 e. The van der Waals surface area contributed by atoms with Crippen LogP contribution in [0.4, 0.5) is 0 Å². The summed E-state index contributed by atoms with van der Waals surface area (Å²) in [4.78, 5) is 0.379. The van der Waals surface area contributed by atoms with Crippen molar-refractivity contribution < 1.29 is 9.47 Å². The van der Waals surface area contributed by atoms with Gasteiger partial charge < -0.3 is 15.2 Å². The van der Waals surface area contributed by atoms with Crippen LogP contribution < -0.4 is 15.2 Å². The molecule has 3 rings (SSSR count). The summed E-state index contributed by atoms with van der Waals surface area (Å²) in [5.41, 5.74) is 8.70. The van der Waals surface area contributed by atoms with Crippen LogP contribution in [0.1, 0.15) is 16.7 Å². The lowest BCUT2D eigenvalue weighted by Gasteiger charge is -2.11. The standard InChI is InChI=1S/C21H19NO2S/c22-21(25)20-9-5-4-8-17(20)15-24-19-12-10-18(11-13-19)23-14-16-6-2-1-3-7-16/h1-13H,14-15H2,(H2,22,25). The van der Waals surface area contributed by atoms with Crippen LogP contribution in [0.3, 0.4) is 0 Å². The summed E-state index contributed by atoms with van der Waals surface area (Å²) in [6.45, 7) is 0.958. The number of benzene rings is 3. The summed E-state index contributed by atoms with van der Waals surface area (Å²) in [7, 11) is 0. The Morgan fingerprint density at radius 3 is 1.92 bits per heavy atom. The maximum Gasteiger partial charge on any atom is 0.120 e. The van der Waals surface area contributed by atoms with Crippen LogP contribution in [-0.2, 0) is 13.2 Å². The van der Waals surface area contributed by atoms with Crippen molar-refractivity contribution in [2.75, 3.05) is 0 Å². The van der Waals surface area contributed by atoms with Crippen molar-refractivity contribution in [3.8, 4) is 11.5 Å². The number of rotatable bonds is 7. The van der Waals surface area contributed by atoms with Crippen LogP contribution >= 0.6 is 12.2 Å². The third kappa shape index (κ3) is 4.81. The molecule has 3 aromatic rings. The first kappa shape index (κ1) is 17.0. The molecule has 0 saturated heterocycles. The van der Waals surface area contributed by atoms with E-state index in [2.05, 4.69) is 0 Å². The molecule has 0 radical (unpaired) electrons.